The van der Waals surface area contributed by atoms with E-state index < -0.39 is 11.6 Å². The van der Waals surface area contributed by atoms with Gasteiger partial charge in [0.2, 0.25) is 5.95 Å². The molecule has 0 saturated carbocycles. The maximum atomic E-state index is 13.3. The molecule has 0 spiro atoms. The Morgan fingerprint density at radius 2 is 1.81 bits per heavy atom. The zero-order valence-electron chi connectivity index (χ0n) is 14.7. The van der Waals surface area contributed by atoms with Crippen molar-refractivity contribution in [2.75, 3.05) is 10.6 Å². The van der Waals surface area contributed by atoms with Crippen molar-refractivity contribution >= 4 is 23.1 Å². The van der Waals surface area contributed by atoms with Crippen LogP contribution in [0.15, 0.2) is 42.6 Å². The van der Waals surface area contributed by atoms with E-state index in [0.717, 1.165) is 28.9 Å². The first kappa shape index (κ1) is 17.7. The predicted octanol–water partition coefficient (Wildman–Crippen LogP) is 5.07. The smallest absolute Gasteiger partial charge is 0.249 e. The summed E-state index contributed by atoms with van der Waals surface area (Å²) >= 11 is 0. The number of nitrogens with one attached hydrogen (secondary N) is 2. The van der Waals surface area contributed by atoms with E-state index in [1.54, 1.807) is 0 Å². The maximum absolute atomic E-state index is 13.3. The molecular formula is C19H19F2N5. The van der Waals surface area contributed by atoms with Crippen LogP contribution in [0.5, 0.6) is 0 Å². The Labute approximate surface area is 150 Å². The molecule has 3 rings (SSSR count). The molecule has 26 heavy (non-hydrogen) atoms. The second-order valence-electron chi connectivity index (χ2n) is 6.24. The van der Waals surface area contributed by atoms with E-state index in [9.17, 15) is 8.78 Å². The number of nitrogens with zero attached hydrogens (tertiary/aromatic N) is 3. The van der Waals surface area contributed by atoms with Gasteiger partial charge in [0.05, 0.1) is 6.20 Å². The van der Waals surface area contributed by atoms with Gasteiger partial charge in [-0.15, -0.1) is 5.10 Å². The summed E-state index contributed by atoms with van der Waals surface area (Å²) in [6, 6.07) is 9.60. The fourth-order valence-corrected chi connectivity index (χ4v) is 2.59. The van der Waals surface area contributed by atoms with Gasteiger partial charge in [-0.2, -0.15) is 10.1 Å². The molecule has 0 bridgehead atoms. The first-order valence-corrected chi connectivity index (χ1v) is 8.22. The van der Waals surface area contributed by atoms with Crippen LogP contribution in [0.1, 0.15) is 30.9 Å². The lowest BCUT2D eigenvalue weighted by molar-refractivity contribution is 0.509. The number of hydrogen-bond acceptors (Lipinski definition) is 5. The van der Waals surface area contributed by atoms with Crippen molar-refractivity contribution in [3.8, 4) is 0 Å². The molecule has 7 heteroatoms. The lowest BCUT2D eigenvalue weighted by Gasteiger charge is -2.16. The summed E-state index contributed by atoms with van der Waals surface area (Å²) in [6.45, 7) is 6.23. The van der Waals surface area contributed by atoms with Gasteiger partial charge in [0.15, 0.2) is 17.5 Å². The number of anilines is 4. The summed E-state index contributed by atoms with van der Waals surface area (Å²) in [6.07, 6.45) is 1.41. The average Bonchev–Trinajstić information content (AvgIpc) is 2.60. The van der Waals surface area contributed by atoms with Crippen LogP contribution in [0, 0.1) is 18.6 Å². The molecule has 0 fully saturated rings. The minimum atomic E-state index is -0.933. The Bertz CT molecular complexity index is 928. The average molecular weight is 355 g/mol. The fraction of sp³-hybridized carbons (Fsp3) is 0.211. The summed E-state index contributed by atoms with van der Waals surface area (Å²) in [4.78, 5) is 4.34. The van der Waals surface area contributed by atoms with Crippen molar-refractivity contribution in [3.05, 3.63) is 65.4 Å². The molecule has 0 radical (unpaired) electrons. The highest BCUT2D eigenvalue weighted by Crippen LogP contribution is 2.29. The molecular weight excluding hydrogens is 336 g/mol. The highest BCUT2D eigenvalue weighted by Gasteiger charge is 2.11. The molecule has 0 aliphatic carbocycles. The molecule has 3 aromatic rings. The second kappa shape index (κ2) is 7.43. The monoisotopic (exact) mass is 355 g/mol. The van der Waals surface area contributed by atoms with E-state index in [2.05, 4.69) is 45.7 Å². The molecule has 0 saturated heterocycles. The van der Waals surface area contributed by atoms with E-state index in [4.69, 9.17) is 0 Å². The van der Waals surface area contributed by atoms with Crippen molar-refractivity contribution in [3.63, 3.8) is 0 Å². The third-order valence-corrected chi connectivity index (χ3v) is 3.91. The van der Waals surface area contributed by atoms with Crippen LogP contribution in [0.4, 0.5) is 31.9 Å². The van der Waals surface area contributed by atoms with E-state index >= 15 is 0 Å². The summed E-state index contributed by atoms with van der Waals surface area (Å²) in [5.74, 6) is -0.827. The molecule has 134 valence electrons. The molecule has 5 nitrogen and oxygen atoms in total. The quantitative estimate of drug-likeness (QED) is 0.669. The lowest BCUT2D eigenvalue weighted by atomic mass is 9.98. The third-order valence-electron chi connectivity index (χ3n) is 3.91. The Balaban J connectivity index is 1.85. The van der Waals surface area contributed by atoms with Crippen molar-refractivity contribution in [1.29, 1.82) is 0 Å². The number of benzene rings is 2. The van der Waals surface area contributed by atoms with Crippen LogP contribution in [0.2, 0.25) is 0 Å². The number of hydrogen-bond donors (Lipinski definition) is 2. The zero-order valence-corrected chi connectivity index (χ0v) is 14.7. The highest BCUT2D eigenvalue weighted by atomic mass is 19.2. The molecule has 2 aromatic carbocycles. The van der Waals surface area contributed by atoms with Gasteiger partial charge in [-0.3, -0.25) is 0 Å². The number of halogens is 2. The van der Waals surface area contributed by atoms with Crippen LogP contribution in [-0.4, -0.2) is 15.2 Å². The van der Waals surface area contributed by atoms with Crippen molar-refractivity contribution in [2.45, 2.75) is 26.7 Å². The minimum Gasteiger partial charge on any atom is -0.339 e. The first-order valence-electron chi connectivity index (χ1n) is 8.22. The van der Waals surface area contributed by atoms with Crippen LogP contribution in [0.25, 0.3) is 0 Å². The summed E-state index contributed by atoms with van der Waals surface area (Å²) in [5.41, 5.74) is 3.52. The number of aromatic nitrogens is 3. The third kappa shape index (κ3) is 3.93. The first-order chi connectivity index (χ1) is 12.4. The molecule has 0 atom stereocenters. The zero-order chi connectivity index (χ0) is 18.7. The lowest BCUT2D eigenvalue weighted by Crippen LogP contribution is -2.06. The molecule has 0 aliphatic rings. The maximum Gasteiger partial charge on any atom is 0.249 e. The highest BCUT2D eigenvalue weighted by molar-refractivity contribution is 5.65. The second-order valence-corrected chi connectivity index (χ2v) is 6.24. The van der Waals surface area contributed by atoms with Gasteiger partial charge in [0, 0.05) is 17.4 Å². The standard InChI is InChI=1S/C19H19F2N5/c1-11(2)14-6-4-5-12(3)18(14)25-19-24-17(10-22-26-19)23-13-7-8-15(20)16(21)9-13/h4-11H,1-3H3,(H2,23,24,25,26). The van der Waals surface area contributed by atoms with Crippen molar-refractivity contribution in [1.82, 2.24) is 15.2 Å². The topological polar surface area (TPSA) is 62.7 Å². The van der Waals surface area contributed by atoms with Gasteiger partial charge < -0.3 is 10.6 Å². The SMILES string of the molecule is Cc1cccc(C(C)C)c1Nc1nncc(Nc2ccc(F)c(F)c2)n1. The number of aryl methyl sites for hydroxylation is 1. The molecule has 1 aromatic heterocycles. The molecule has 0 amide bonds. The number of para-hydroxylation sites is 1. The van der Waals surface area contributed by atoms with Crippen LogP contribution >= 0.6 is 0 Å². The van der Waals surface area contributed by atoms with E-state index in [0.29, 0.717) is 23.4 Å². The Hall–Kier alpha value is -3.09. The van der Waals surface area contributed by atoms with Gasteiger partial charge in [-0.1, -0.05) is 32.0 Å². The molecule has 0 aliphatic heterocycles. The van der Waals surface area contributed by atoms with E-state index in [1.165, 1.54) is 12.3 Å². The van der Waals surface area contributed by atoms with Gasteiger partial charge in [0.25, 0.3) is 0 Å². The Kier molecular flexibility index (Phi) is 5.06. The van der Waals surface area contributed by atoms with Crippen molar-refractivity contribution in [2.24, 2.45) is 0 Å². The minimum absolute atomic E-state index is 0.314. The van der Waals surface area contributed by atoms with Crippen LogP contribution in [0.3, 0.4) is 0 Å². The predicted molar refractivity (Wildman–Crippen MR) is 98.0 cm³/mol. The molecule has 0 unspecified atom stereocenters. The largest absolute Gasteiger partial charge is 0.339 e. The van der Waals surface area contributed by atoms with Gasteiger partial charge >= 0.3 is 0 Å². The van der Waals surface area contributed by atoms with Gasteiger partial charge in [-0.05, 0) is 36.1 Å². The van der Waals surface area contributed by atoms with E-state index in [1.807, 2.05) is 19.1 Å². The summed E-state index contributed by atoms with van der Waals surface area (Å²) < 4.78 is 26.4. The molecule has 2 N–H and O–H groups in total. The summed E-state index contributed by atoms with van der Waals surface area (Å²) in [7, 11) is 0. The van der Waals surface area contributed by atoms with Crippen molar-refractivity contribution < 1.29 is 8.78 Å². The van der Waals surface area contributed by atoms with Crippen LogP contribution in [-0.2, 0) is 0 Å². The number of rotatable bonds is 5. The Morgan fingerprint density at radius 3 is 2.54 bits per heavy atom. The molecule has 1 heterocycles. The van der Waals surface area contributed by atoms with Gasteiger partial charge in [0.1, 0.15) is 0 Å². The van der Waals surface area contributed by atoms with Crippen LogP contribution < -0.4 is 10.6 Å². The normalized spacial score (nSPS) is 10.8. The Morgan fingerprint density at radius 1 is 1.00 bits per heavy atom. The van der Waals surface area contributed by atoms with E-state index in [-0.39, 0.29) is 0 Å². The summed E-state index contributed by atoms with van der Waals surface area (Å²) in [5, 5.41) is 14.0. The fourth-order valence-electron chi connectivity index (χ4n) is 2.59. The van der Waals surface area contributed by atoms with Gasteiger partial charge in [-0.25, -0.2) is 8.78 Å².